The van der Waals surface area contributed by atoms with Gasteiger partial charge in [0.25, 0.3) is 0 Å². The van der Waals surface area contributed by atoms with Gasteiger partial charge in [-0.05, 0) is 33.1 Å². The number of unbranched alkanes of at least 4 members (excludes halogenated alkanes) is 2. The molecule has 0 rings (SSSR count). The Bertz CT molecular complexity index is 394. The Morgan fingerprint density at radius 3 is 1.95 bits per heavy atom. The number of rotatable bonds is 11. The molecule has 1 N–H and O–H groups in total. The molecule has 0 heterocycles. The van der Waals surface area contributed by atoms with Crippen molar-refractivity contribution in [1.82, 2.24) is 0 Å². The topological polar surface area (TPSA) is 63.6 Å². The molecule has 0 aromatic heterocycles. The first-order chi connectivity index (χ1) is 10.4. The van der Waals surface area contributed by atoms with Gasteiger partial charge in [0.05, 0.1) is 17.6 Å². The van der Waals surface area contributed by atoms with Crippen LogP contribution in [-0.2, 0) is 14.3 Å². The number of hydrogen-bond donors (Lipinski definition) is 1. The SMILES string of the molecule is CCCCOC(=O)C(=C(C)C)C(CCC)(CCCC)C(=O)O. The molecular weight excluding hydrogens is 280 g/mol. The van der Waals surface area contributed by atoms with Gasteiger partial charge in [-0.3, -0.25) is 4.79 Å². The first kappa shape index (κ1) is 20.7. The number of allylic oxidation sites excluding steroid dienone is 1. The molecule has 0 bridgehead atoms. The average molecular weight is 312 g/mol. The van der Waals surface area contributed by atoms with Gasteiger partial charge in [0.15, 0.2) is 0 Å². The first-order valence-corrected chi connectivity index (χ1v) is 8.45. The molecule has 0 aliphatic carbocycles. The number of carbonyl (C=O) groups is 2. The summed E-state index contributed by atoms with van der Waals surface area (Å²) in [5.41, 5.74) is -0.0211. The van der Waals surface area contributed by atoms with E-state index in [1.165, 1.54) is 0 Å². The Balaban J connectivity index is 5.63. The largest absolute Gasteiger partial charge is 0.481 e. The highest BCUT2D eigenvalue weighted by atomic mass is 16.5. The van der Waals surface area contributed by atoms with Crippen molar-refractivity contribution in [3.05, 3.63) is 11.1 Å². The second kappa shape index (κ2) is 10.4. The lowest BCUT2D eigenvalue weighted by molar-refractivity contribution is -0.152. The van der Waals surface area contributed by atoms with Gasteiger partial charge in [-0.25, -0.2) is 4.79 Å². The van der Waals surface area contributed by atoms with Crippen molar-refractivity contribution >= 4 is 11.9 Å². The van der Waals surface area contributed by atoms with Crippen molar-refractivity contribution in [2.45, 2.75) is 79.6 Å². The quantitative estimate of drug-likeness (QED) is 0.340. The number of esters is 1. The predicted molar refractivity (Wildman–Crippen MR) is 88.7 cm³/mol. The minimum atomic E-state index is -1.12. The Hall–Kier alpha value is -1.32. The summed E-state index contributed by atoms with van der Waals surface area (Å²) in [6.45, 7) is 9.96. The maximum Gasteiger partial charge on any atom is 0.335 e. The van der Waals surface area contributed by atoms with E-state index in [2.05, 4.69) is 0 Å². The monoisotopic (exact) mass is 312 g/mol. The van der Waals surface area contributed by atoms with Gasteiger partial charge in [0, 0.05) is 0 Å². The van der Waals surface area contributed by atoms with Crippen LogP contribution in [0.1, 0.15) is 79.6 Å². The second-order valence-electron chi connectivity index (χ2n) is 6.11. The van der Waals surface area contributed by atoms with Crippen molar-refractivity contribution in [2.24, 2.45) is 5.41 Å². The smallest absolute Gasteiger partial charge is 0.335 e. The van der Waals surface area contributed by atoms with Gasteiger partial charge in [-0.15, -0.1) is 0 Å². The van der Waals surface area contributed by atoms with Gasteiger partial charge in [-0.1, -0.05) is 52.0 Å². The van der Waals surface area contributed by atoms with Crippen LogP contribution in [0.15, 0.2) is 11.1 Å². The molecule has 0 aliphatic heterocycles. The molecule has 128 valence electrons. The van der Waals surface area contributed by atoms with E-state index < -0.39 is 17.4 Å². The Kier molecular flexibility index (Phi) is 9.79. The van der Waals surface area contributed by atoms with Crippen LogP contribution in [0.25, 0.3) is 0 Å². The second-order valence-corrected chi connectivity index (χ2v) is 6.11. The lowest BCUT2D eigenvalue weighted by Crippen LogP contribution is -2.38. The van der Waals surface area contributed by atoms with Gasteiger partial charge in [-0.2, -0.15) is 0 Å². The number of carbonyl (C=O) groups excluding carboxylic acids is 1. The van der Waals surface area contributed by atoms with Crippen LogP contribution in [-0.4, -0.2) is 23.7 Å². The van der Waals surface area contributed by atoms with E-state index in [1.54, 1.807) is 13.8 Å². The molecule has 0 aromatic carbocycles. The van der Waals surface area contributed by atoms with Crippen LogP contribution in [0, 0.1) is 5.41 Å². The Labute approximate surface area is 134 Å². The van der Waals surface area contributed by atoms with E-state index in [1.807, 2.05) is 20.8 Å². The van der Waals surface area contributed by atoms with Crippen molar-refractivity contribution in [3.8, 4) is 0 Å². The van der Waals surface area contributed by atoms with Crippen molar-refractivity contribution in [1.29, 1.82) is 0 Å². The fraction of sp³-hybridized carbons (Fsp3) is 0.778. The fourth-order valence-electron chi connectivity index (χ4n) is 2.86. The minimum absolute atomic E-state index is 0.349. The van der Waals surface area contributed by atoms with E-state index in [9.17, 15) is 14.7 Å². The highest BCUT2D eigenvalue weighted by Crippen LogP contribution is 2.41. The number of carboxylic acids is 1. The summed E-state index contributed by atoms with van der Waals surface area (Å²) in [6, 6.07) is 0. The number of ether oxygens (including phenoxy) is 1. The summed E-state index contributed by atoms with van der Waals surface area (Å²) >= 11 is 0. The third-order valence-electron chi connectivity index (χ3n) is 3.96. The summed E-state index contributed by atoms with van der Waals surface area (Å²) in [6.07, 6.45) is 5.08. The lowest BCUT2D eigenvalue weighted by atomic mass is 9.71. The van der Waals surface area contributed by atoms with Gasteiger partial charge in [0.1, 0.15) is 0 Å². The molecule has 4 nitrogen and oxygen atoms in total. The summed E-state index contributed by atoms with van der Waals surface area (Å²) in [5.74, 6) is -1.37. The van der Waals surface area contributed by atoms with Crippen molar-refractivity contribution in [2.75, 3.05) is 6.61 Å². The summed E-state index contributed by atoms with van der Waals surface area (Å²) in [5, 5.41) is 9.88. The highest BCUT2D eigenvalue weighted by Gasteiger charge is 2.45. The van der Waals surface area contributed by atoms with E-state index in [0.717, 1.165) is 37.7 Å². The molecular formula is C18H32O4. The highest BCUT2D eigenvalue weighted by molar-refractivity contribution is 5.98. The average Bonchev–Trinajstić information content (AvgIpc) is 2.44. The lowest BCUT2D eigenvalue weighted by Gasteiger charge is -2.32. The zero-order chi connectivity index (χ0) is 17.2. The van der Waals surface area contributed by atoms with Crippen molar-refractivity contribution < 1.29 is 19.4 Å². The van der Waals surface area contributed by atoms with E-state index in [-0.39, 0.29) is 0 Å². The van der Waals surface area contributed by atoms with Crippen LogP contribution >= 0.6 is 0 Å². The third-order valence-corrected chi connectivity index (χ3v) is 3.96. The molecule has 0 amide bonds. The summed E-state index contributed by atoms with van der Waals surface area (Å²) < 4.78 is 5.33. The van der Waals surface area contributed by atoms with Crippen LogP contribution < -0.4 is 0 Å². The molecule has 0 radical (unpaired) electrons. The molecule has 0 aromatic rings. The van der Waals surface area contributed by atoms with Gasteiger partial charge >= 0.3 is 11.9 Å². The fourth-order valence-corrected chi connectivity index (χ4v) is 2.86. The molecule has 0 spiro atoms. The van der Waals surface area contributed by atoms with E-state index >= 15 is 0 Å². The van der Waals surface area contributed by atoms with Crippen LogP contribution in [0.4, 0.5) is 0 Å². The zero-order valence-corrected chi connectivity index (χ0v) is 14.8. The molecule has 1 unspecified atom stereocenters. The minimum Gasteiger partial charge on any atom is -0.481 e. The van der Waals surface area contributed by atoms with E-state index in [4.69, 9.17) is 4.74 Å². The van der Waals surface area contributed by atoms with Crippen molar-refractivity contribution in [3.63, 3.8) is 0 Å². The molecule has 4 heteroatoms. The molecule has 22 heavy (non-hydrogen) atoms. The zero-order valence-electron chi connectivity index (χ0n) is 14.8. The molecule has 0 aliphatic rings. The predicted octanol–water partition coefficient (Wildman–Crippen LogP) is 4.73. The summed E-state index contributed by atoms with van der Waals surface area (Å²) in [7, 11) is 0. The molecule has 0 saturated carbocycles. The maximum atomic E-state index is 12.5. The third kappa shape index (κ3) is 5.47. The molecule has 0 saturated heterocycles. The normalized spacial score (nSPS) is 13.3. The Morgan fingerprint density at radius 1 is 0.955 bits per heavy atom. The maximum absolute atomic E-state index is 12.5. The van der Waals surface area contributed by atoms with Crippen LogP contribution in [0.5, 0.6) is 0 Å². The molecule has 1 atom stereocenters. The summed E-state index contributed by atoms with van der Waals surface area (Å²) in [4.78, 5) is 24.6. The van der Waals surface area contributed by atoms with E-state index in [0.29, 0.717) is 25.0 Å². The Morgan fingerprint density at radius 2 is 1.55 bits per heavy atom. The standard InChI is InChI=1S/C18H32O4/c1-6-9-12-18(11-8-3,17(20)21)15(14(4)5)16(19)22-13-10-7-2/h6-13H2,1-5H3,(H,20,21). The number of carboxylic acid groups (broad SMARTS) is 1. The van der Waals surface area contributed by atoms with Crippen LogP contribution in [0.2, 0.25) is 0 Å². The first-order valence-electron chi connectivity index (χ1n) is 8.45. The van der Waals surface area contributed by atoms with Gasteiger partial charge in [0.2, 0.25) is 0 Å². The number of aliphatic carboxylic acids is 1. The molecule has 0 fully saturated rings. The van der Waals surface area contributed by atoms with Crippen LogP contribution in [0.3, 0.4) is 0 Å². The van der Waals surface area contributed by atoms with Gasteiger partial charge < -0.3 is 9.84 Å². The number of hydrogen-bond acceptors (Lipinski definition) is 3.